The lowest BCUT2D eigenvalue weighted by Gasteiger charge is -2.39. The average molecular weight is 318 g/mol. The first-order valence-corrected chi connectivity index (χ1v) is 6.50. The Balaban J connectivity index is 2.06. The van der Waals surface area contributed by atoms with Gasteiger partial charge in [-0.1, -0.05) is 15.9 Å². The molecule has 0 aliphatic carbocycles. The third-order valence-corrected chi connectivity index (χ3v) is 3.53. The Morgan fingerprint density at radius 3 is 2.28 bits per heavy atom. The molecule has 1 aliphatic heterocycles. The Bertz CT molecular complexity index is 400. The molecule has 0 aromatic heterocycles. The maximum Gasteiger partial charge on any atom is 0.157 e. The Morgan fingerprint density at radius 2 is 1.67 bits per heavy atom. The van der Waals surface area contributed by atoms with E-state index < -0.39 is 30.6 Å². The van der Waals surface area contributed by atoms with Gasteiger partial charge in [-0.25, -0.2) is 0 Å². The van der Waals surface area contributed by atoms with Crippen LogP contribution in [0.2, 0.25) is 0 Å². The summed E-state index contributed by atoms with van der Waals surface area (Å²) in [5.41, 5.74) is 0.762. The lowest BCUT2D eigenvalue weighted by molar-refractivity contribution is -0.209. The van der Waals surface area contributed by atoms with Crippen LogP contribution in [0.5, 0.6) is 0 Å². The maximum atomic E-state index is 9.83. The molecule has 1 fully saturated rings. The van der Waals surface area contributed by atoms with Gasteiger partial charge in [0.15, 0.2) is 6.23 Å². The van der Waals surface area contributed by atoms with E-state index in [2.05, 4.69) is 21.2 Å². The standard InChI is InChI=1S/C12H16BrNO4/c1-6-9(15)10(16)11(17)12(18-6)14-8-4-2-7(13)3-5-8/h2-6,9-12,14-17H,1H3. The van der Waals surface area contributed by atoms with Crippen molar-refractivity contribution in [1.29, 1.82) is 0 Å². The molecule has 1 aromatic rings. The van der Waals surface area contributed by atoms with Gasteiger partial charge in [0.05, 0.1) is 6.10 Å². The second kappa shape index (κ2) is 5.54. The number of aliphatic hydroxyl groups excluding tert-OH is 3. The van der Waals surface area contributed by atoms with Crippen LogP contribution in [0, 0.1) is 0 Å². The minimum Gasteiger partial charge on any atom is -0.388 e. The van der Waals surface area contributed by atoms with Gasteiger partial charge >= 0.3 is 0 Å². The molecule has 0 radical (unpaired) electrons. The number of benzene rings is 1. The van der Waals surface area contributed by atoms with Gasteiger partial charge in [-0.05, 0) is 31.2 Å². The first-order valence-electron chi connectivity index (χ1n) is 5.71. The highest BCUT2D eigenvalue weighted by Crippen LogP contribution is 2.23. The summed E-state index contributed by atoms with van der Waals surface area (Å²) in [6.07, 6.45) is -4.78. The molecular formula is C12H16BrNO4. The van der Waals surface area contributed by atoms with E-state index in [1.165, 1.54) is 0 Å². The summed E-state index contributed by atoms with van der Waals surface area (Å²) >= 11 is 3.33. The number of hydrogen-bond acceptors (Lipinski definition) is 5. The third kappa shape index (κ3) is 2.84. The minimum atomic E-state index is -1.22. The lowest BCUT2D eigenvalue weighted by Crippen LogP contribution is -2.58. The van der Waals surface area contributed by atoms with E-state index in [0.29, 0.717) is 0 Å². The van der Waals surface area contributed by atoms with Crippen LogP contribution in [0.25, 0.3) is 0 Å². The van der Waals surface area contributed by atoms with Gasteiger partial charge in [-0.2, -0.15) is 0 Å². The van der Waals surface area contributed by atoms with Gasteiger partial charge in [-0.3, -0.25) is 0 Å². The molecule has 5 nitrogen and oxygen atoms in total. The third-order valence-electron chi connectivity index (χ3n) is 3.01. The molecule has 0 saturated carbocycles. The van der Waals surface area contributed by atoms with E-state index in [9.17, 15) is 15.3 Å². The second-order valence-electron chi connectivity index (χ2n) is 4.38. The number of hydrogen-bond donors (Lipinski definition) is 4. The van der Waals surface area contributed by atoms with Crippen LogP contribution in [0.4, 0.5) is 5.69 Å². The van der Waals surface area contributed by atoms with E-state index in [1.807, 2.05) is 24.3 Å². The molecule has 0 spiro atoms. The first-order chi connectivity index (χ1) is 8.49. The minimum absolute atomic E-state index is 0.545. The Morgan fingerprint density at radius 1 is 1.06 bits per heavy atom. The number of rotatable bonds is 2. The predicted octanol–water partition coefficient (Wildman–Crippen LogP) is 0.688. The van der Waals surface area contributed by atoms with Crippen molar-refractivity contribution in [2.24, 2.45) is 0 Å². The normalized spacial score (nSPS) is 36.4. The van der Waals surface area contributed by atoms with Crippen LogP contribution in [0.15, 0.2) is 28.7 Å². The summed E-state index contributed by atoms with van der Waals surface area (Å²) in [5, 5.41) is 32.1. The fourth-order valence-corrected chi connectivity index (χ4v) is 2.15. The molecule has 1 aliphatic rings. The van der Waals surface area contributed by atoms with Crippen LogP contribution < -0.4 is 5.32 Å². The SMILES string of the molecule is CC1OC(Nc2ccc(Br)cc2)C(O)C(O)C1O. The highest BCUT2D eigenvalue weighted by molar-refractivity contribution is 9.10. The molecule has 0 bridgehead atoms. The Hall–Kier alpha value is -0.660. The van der Waals surface area contributed by atoms with Crippen molar-refractivity contribution in [3.63, 3.8) is 0 Å². The van der Waals surface area contributed by atoms with E-state index in [4.69, 9.17) is 4.74 Å². The van der Waals surface area contributed by atoms with E-state index >= 15 is 0 Å². The number of nitrogens with one attached hydrogen (secondary N) is 1. The van der Waals surface area contributed by atoms with Crippen molar-refractivity contribution >= 4 is 21.6 Å². The summed E-state index contributed by atoms with van der Waals surface area (Å²) < 4.78 is 6.38. The van der Waals surface area contributed by atoms with Gasteiger partial charge in [0, 0.05) is 10.2 Å². The Kier molecular flexibility index (Phi) is 4.24. The van der Waals surface area contributed by atoms with E-state index in [1.54, 1.807) is 6.92 Å². The van der Waals surface area contributed by atoms with Crippen LogP contribution in [0.1, 0.15) is 6.92 Å². The fraction of sp³-hybridized carbons (Fsp3) is 0.500. The molecule has 5 unspecified atom stereocenters. The molecule has 1 aromatic carbocycles. The van der Waals surface area contributed by atoms with Crippen molar-refractivity contribution < 1.29 is 20.1 Å². The smallest absolute Gasteiger partial charge is 0.157 e. The highest BCUT2D eigenvalue weighted by Gasteiger charge is 2.41. The first kappa shape index (κ1) is 13.8. The summed E-state index contributed by atoms with van der Waals surface area (Å²) in [4.78, 5) is 0. The highest BCUT2D eigenvalue weighted by atomic mass is 79.9. The van der Waals surface area contributed by atoms with E-state index in [0.717, 1.165) is 10.2 Å². The zero-order valence-electron chi connectivity index (χ0n) is 9.82. The summed E-state index contributed by atoms with van der Waals surface area (Å²) in [6.45, 7) is 1.65. The Labute approximate surface area is 114 Å². The molecule has 5 atom stereocenters. The quantitative estimate of drug-likeness (QED) is 0.645. The fourth-order valence-electron chi connectivity index (χ4n) is 1.88. The lowest BCUT2D eigenvalue weighted by atomic mass is 9.99. The van der Waals surface area contributed by atoms with Gasteiger partial charge in [0.25, 0.3) is 0 Å². The molecule has 4 N–H and O–H groups in total. The van der Waals surface area contributed by atoms with Crippen LogP contribution in [-0.4, -0.2) is 46.0 Å². The maximum absolute atomic E-state index is 9.83. The summed E-state index contributed by atoms with van der Waals surface area (Å²) in [5.74, 6) is 0. The molecule has 1 saturated heterocycles. The largest absolute Gasteiger partial charge is 0.388 e. The molecule has 0 amide bonds. The monoisotopic (exact) mass is 317 g/mol. The zero-order chi connectivity index (χ0) is 13.3. The van der Waals surface area contributed by atoms with Crippen LogP contribution in [0.3, 0.4) is 0 Å². The van der Waals surface area contributed by atoms with Gasteiger partial charge in [0.1, 0.15) is 18.3 Å². The van der Waals surface area contributed by atoms with Crippen LogP contribution in [-0.2, 0) is 4.74 Å². The van der Waals surface area contributed by atoms with Crippen LogP contribution >= 0.6 is 15.9 Å². The van der Waals surface area contributed by atoms with Crippen molar-refractivity contribution in [1.82, 2.24) is 0 Å². The second-order valence-corrected chi connectivity index (χ2v) is 5.30. The number of halogens is 1. The van der Waals surface area contributed by atoms with Crippen molar-refractivity contribution in [2.45, 2.75) is 37.6 Å². The van der Waals surface area contributed by atoms with Crippen molar-refractivity contribution in [3.8, 4) is 0 Å². The molecule has 100 valence electrons. The molecule has 1 heterocycles. The van der Waals surface area contributed by atoms with Gasteiger partial charge < -0.3 is 25.4 Å². The topological polar surface area (TPSA) is 82.0 Å². The van der Waals surface area contributed by atoms with Gasteiger partial charge in [-0.15, -0.1) is 0 Å². The van der Waals surface area contributed by atoms with Gasteiger partial charge in [0.2, 0.25) is 0 Å². The zero-order valence-corrected chi connectivity index (χ0v) is 11.4. The van der Waals surface area contributed by atoms with E-state index in [-0.39, 0.29) is 0 Å². The van der Waals surface area contributed by atoms with Crippen molar-refractivity contribution in [3.05, 3.63) is 28.7 Å². The average Bonchev–Trinajstić information content (AvgIpc) is 2.36. The number of anilines is 1. The molecule has 18 heavy (non-hydrogen) atoms. The van der Waals surface area contributed by atoms with Crippen molar-refractivity contribution in [2.75, 3.05) is 5.32 Å². The number of aliphatic hydroxyl groups is 3. The summed E-state index contributed by atoms with van der Waals surface area (Å²) in [7, 11) is 0. The molecule has 2 rings (SSSR count). The molecule has 6 heteroatoms. The molecular weight excluding hydrogens is 302 g/mol. The number of ether oxygens (including phenoxy) is 1. The summed E-state index contributed by atoms with van der Waals surface area (Å²) in [6, 6.07) is 7.35. The predicted molar refractivity (Wildman–Crippen MR) is 70.1 cm³/mol.